The Kier molecular flexibility index (Phi) is 5.14. The molecule has 1 fully saturated rings. The Hall–Kier alpha value is -2.26. The molecule has 0 saturated heterocycles. The van der Waals surface area contributed by atoms with Crippen LogP contribution in [0.3, 0.4) is 0 Å². The monoisotopic (exact) mass is 354 g/mol. The first-order chi connectivity index (χ1) is 12.1. The Morgan fingerprint density at radius 2 is 1.96 bits per heavy atom. The topological polar surface area (TPSA) is 105 Å². The molecular weight excluding hydrogens is 332 g/mol. The van der Waals surface area contributed by atoms with E-state index in [1.54, 1.807) is 0 Å². The van der Waals surface area contributed by atoms with E-state index in [1.807, 2.05) is 30.3 Å². The second-order valence-electron chi connectivity index (χ2n) is 6.63. The normalized spacial score (nSPS) is 22.4. The average Bonchev–Trinajstić information content (AvgIpc) is 2.61. The first kappa shape index (κ1) is 17.6. The number of rotatable bonds is 4. The fraction of sp³-hybridized carbons (Fsp3) is 0.421. The fourth-order valence-electron chi connectivity index (χ4n) is 3.97. The zero-order valence-electron chi connectivity index (χ0n) is 14.1. The van der Waals surface area contributed by atoms with Crippen molar-refractivity contribution < 1.29 is 4.79 Å². The van der Waals surface area contributed by atoms with E-state index >= 15 is 0 Å². The minimum absolute atomic E-state index is 0.310. The molecule has 25 heavy (non-hydrogen) atoms. The number of nitrogens with two attached hydrogens (primary N) is 2. The highest BCUT2D eigenvalue weighted by atomic mass is 32.2. The lowest BCUT2D eigenvalue weighted by atomic mass is 9.60. The van der Waals surface area contributed by atoms with Crippen LogP contribution in [0.15, 0.2) is 45.9 Å². The summed E-state index contributed by atoms with van der Waals surface area (Å²) >= 11 is 1.47. The molecule has 5 nitrogen and oxygen atoms in total. The molecule has 1 spiro atoms. The predicted octanol–water partition coefficient (Wildman–Crippen LogP) is 3.08. The third kappa shape index (κ3) is 3.29. The van der Waals surface area contributed by atoms with Gasteiger partial charge in [-0.15, -0.1) is 11.8 Å². The van der Waals surface area contributed by atoms with Gasteiger partial charge in [-0.05, 0) is 18.4 Å². The molecule has 1 aromatic carbocycles. The van der Waals surface area contributed by atoms with E-state index in [1.165, 1.54) is 11.8 Å². The third-order valence-electron chi connectivity index (χ3n) is 5.13. The Balaban J connectivity index is 2.01. The highest BCUT2D eigenvalue weighted by Crippen LogP contribution is 2.53. The Bertz CT molecular complexity index is 757. The van der Waals surface area contributed by atoms with E-state index in [9.17, 15) is 10.1 Å². The summed E-state index contributed by atoms with van der Waals surface area (Å²) in [6.45, 7) is 0. The molecule has 6 heteroatoms. The summed E-state index contributed by atoms with van der Waals surface area (Å²) < 4.78 is 0. The maximum Gasteiger partial charge on any atom is 0.247 e. The number of hydrogen-bond acceptors (Lipinski definition) is 5. The van der Waals surface area contributed by atoms with E-state index in [4.69, 9.17) is 11.5 Å². The number of amidine groups is 1. The van der Waals surface area contributed by atoms with Gasteiger partial charge in [0, 0.05) is 11.2 Å². The number of aliphatic imine (C=N–C) groups is 1. The van der Waals surface area contributed by atoms with Crippen LogP contribution >= 0.6 is 11.8 Å². The van der Waals surface area contributed by atoms with Gasteiger partial charge in [0.15, 0.2) is 0 Å². The van der Waals surface area contributed by atoms with Crippen molar-refractivity contribution >= 4 is 23.5 Å². The molecule has 1 saturated carbocycles. The molecule has 0 radical (unpaired) electrons. The van der Waals surface area contributed by atoms with Gasteiger partial charge in [0.2, 0.25) is 5.91 Å². The number of hydrogen-bond donors (Lipinski definition) is 2. The SMILES string of the molecule is N#CC1C(N)=NC(SCc2ccccc2)=C(C(N)=O)C12CCCCC2. The summed E-state index contributed by atoms with van der Waals surface area (Å²) in [7, 11) is 0. The molecule has 1 unspecified atom stereocenters. The summed E-state index contributed by atoms with van der Waals surface area (Å²) in [6, 6.07) is 12.3. The van der Waals surface area contributed by atoms with E-state index < -0.39 is 17.2 Å². The molecule has 0 aromatic heterocycles. The Labute approximate surface area is 152 Å². The van der Waals surface area contributed by atoms with Crippen LogP contribution in [0.2, 0.25) is 0 Å². The number of amides is 1. The van der Waals surface area contributed by atoms with Gasteiger partial charge in [0.05, 0.1) is 11.6 Å². The molecular formula is C19H22N4OS. The molecule has 3 rings (SSSR count). The van der Waals surface area contributed by atoms with Gasteiger partial charge in [0.1, 0.15) is 16.8 Å². The number of nitriles is 1. The lowest BCUT2D eigenvalue weighted by Gasteiger charge is -2.43. The first-order valence-corrected chi connectivity index (χ1v) is 9.52. The predicted molar refractivity (Wildman–Crippen MR) is 100 cm³/mol. The summed E-state index contributed by atoms with van der Waals surface area (Å²) in [5.41, 5.74) is 13.0. The van der Waals surface area contributed by atoms with Crippen LogP contribution in [-0.2, 0) is 10.5 Å². The van der Waals surface area contributed by atoms with Gasteiger partial charge in [-0.25, -0.2) is 4.99 Å². The number of thioether (sulfide) groups is 1. The maximum atomic E-state index is 12.3. The van der Waals surface area contributed by atoms with Crippen LogP contribution in [0.4, 0.5) is 0 Å². The van der Waals surface area contributed by atoms with Crippen molar-refractivity contribution in [1.29, 1.82) is 5.26 Å². The van der Waals surface area contributed by atoms with Crippen LogP contribution in [0, 0.1) is 22.7 Å². The molecule has 4 N–H and O–H groups in total. The number of benzene rings is 1. The van der Waals surface area contributed by atoms with E-state index in [-0.39, 0.29) is 0 Å². The molecule has 2 aliphatic rings. The zero-order valence-corrected chi connectivity index (χ0v) is 14.9. The summed E-state index contributed by atoms with van der Waals surface area (Å²) in [5.74, 6) is -0.0629. The van der Waals surface area contributed by atoms with Gasteiger partial charge in [0.25, 0.3) is 0 Å². The molecule has 1 amide bonds. The van der Waals surface area contributed by atoms with Crippen LogP contribution in [0.25, 0.3) is 0 Å². The second kappa shape index (κ2) is 7.32. The van der Waals surface area contributed by atoms with Crippen LogP contribution in [-0.4, -0.2) is 11.7 Å². The van der Waals surface area contributed by atoms with Gasteiger partial charge in [-0.3, -0.25) is 4.79 Å². The summed E-state index contributed by atoms with van der Waals surface area (Å²) in [6.07, 6.45) is 4.57. The highest BCUT2D eigenvalue weighted by molar-refractivity contribution is 8.02. The number of nitrogens with zero attached hydrogens (tertiary/aromatic N) is 2. The highest BCUT2D eigenvalue weighted by Gasteiger charge is 2.50. The standard InChI is InChI=1S/C19H22N4OS/c20-11-14-16(21)23-18(25-12-13-7-3-1-4-8-13)15(17(22)24)19(14)9-5-2-6-10-19/h1,3-4,7-8,14H,2,5-6,9-10,12H2,(H2,21,23)(H2,22,24). The summed E-state index contributed by atoms with van der Waals surface area (Å²) in [5, 5.41) is 10.3. The van der Waals surface area contributed by atoms with Gasteiger partial charge in [-0.1, -0.05) is 49.6 Å². The fourth-order valence-corrected chi connectivity index (χ4v) is 5.08. The molecule has 1 heterocycles. The van der Waals surface area contributed by atoms with E-state index in [2.05, 4.69) is 11.1 Å². The zero-order chi connectivity index (χ0) is 17.9. The molecule has 1 aliphatic carbocycles. The van der Waals surface area contributed by atoms with Crippen molar-refractivity contribution in [2.45, 2.75) is 37.9 Å². The number of carbonyl (C=O) groups is 1. The van der Waals surface area contributed by atoms with Gasteiger partial charge >= 0.3 is 0 Å². The minimum atomic E-state index is -0.580. The van der Waals surface area contributed by atoms with E-state index in [0.717, 1.165) is 37.7 Å². The van der Waals surface area contributed by atoms with Crippen LogP contribution in [0.5, 0.6) is 0 Å². The summed E-state index contributed by atoms with van der Waals surface area (Å²) in [4.78, 5) is 16.8. The first-order valence-electron chi connectivity index (χ1n) is 8.53. The number of carbonyl (C=O) groups excluding carboxylic acids is 1. The molecule has 0 bridgehead atoms. The van der Waals surface area contributed by atoms with Crippen molar-refractivity contribution in [2.24, 2.45) is 27.8 Å². The van der Waals surface area contributed by atoms with Crippen LogP contribution < -0.4 is 11.5 Å². The van der Waals surface area contributed by atoms with Crippen molar-refractivity contribution in [3.63, 3.8) is 0 Å². The van der Waals surface area contributed by atoms with Crippen molar-refractivity contribution in [3.05, 3.63) is 46.5 Å². The van der Waals surface area contributed by atoms with Crippen LogP contribution in [0.1, 0.15) is 37.7 Å². The molecule has 1 atom stereocenters. The van der Waals surface area contributed by atoms with E-state index in [0.29, 0.717) is 22.2 Å². The molecule has 130 valence electrons. The largest absolute Gasteiger partial charge is 0.386 e. The van der Waals surface area contributed by atoms with Crippen molar-refractivity contribution in [1.82, 2.24) is 0 Å². The Morgan fingerprint density at radius 3 is 2.56 bits per heavy atom. The van der Waals surface area contributed by atoms with Gasteiger partial charge < -0.3 is 11.5 Å². The molecule has 1 aromatic rings. The maximum absolute atomic E-state index is 12.3. The third-order valence-corrected chi connectivity index (χ3v) is 6.18. The lowest BCUT2D eigenvalue weighted by molar-refractivity contribution is -0.116. The number of primary amides is 1. The average molecular weight is 354 g/mol. The van der Waals surface area contributed by atoms with Gasteiger partial charge in [-0.2, -0.15) is 5.26 Å². The minimum Gasteiger partial charge on any atom is -0.386 e. The second-order valence-corrected chi connectivity index (χ2v) is 7.60. The van der Waals surface area contributed by atoms with Crippen molar-refractivity contribution in [2.75, 3.05) is 0 Å². The smallest absolute Gasteiger partial charge is 0.247 e. The van der Waals surface area contributed by atoms with Crippen molar-refractivity contribution in [3.8, 4) is 6.07 Å². The Morgan fingerprint density at radius 1 is 1.28 bits per heavy atom. The lowest BCUT2D eigenvalue weighted by Crippen LogP contribution is -2.47. The molecule has 1 aliphatic heterocycles. The quantitative estimate of drug-likeness (QED) is 0.866.